The predicted octanol–water partition coefficient (Wildman–Crippen LogP) is 3.77. The number of nitrogens with zero attached hydrogens (tertiary/aromatic N) is 5. The monoisotopic (exact) mass is 408 g/mol. The summed E-state index contributed by atoms with van der Waals surface area (Å²) in [5.74, 6) is -0.580. The van der Waals surface area contributed by atoms with Crippen LogP contribution in [0, 0.1) is 11.6 Å². The number of piperazine rings is 1. The zero-order valence-electron chi connectivity index (χ0n) is 16.9. The molecule has 2 aliphatic rings. The van der Waals surface area contributed by atoms with Crippen molar-refractivity contribution in [3.05, 3.63) is 41.6 Å². The first-order chi connectivity index (χ1) is 14.5. The lowest BCUT2D eigenvalue weighted by molar-refractivity contribution is 0.405. The molecule has 6 nitrogen and oxygen atoms in total. The fourth-order valence-electron chi connectivity index (χ4n) is 4.64. The summed E-state index contributed by atoms with van der Waals surface area (Å²) in [6.45, 7) is 6.02. The Morgan fingerprint density at radius 2 is 1.63 bits per heavy atom. The van der Waals surface area contributed by atoms with Crippen LogP contribution in [0.15, 0.2) is 24.3 Å². The van der Waals surface area contributed by atoms with Crippen molar-refractivity contribution < 1.29 is 8.78 Å². The van der Waals surface area contributed by atoms with Crippen LogP contribution < -0.4 is 10.2 Å². The molecule has 1 aromatic carbocycles. The van der Waals surface area contributed by atoms with Crippen LogP contribution in [0.4, 0.5) is 14.6 Å². The summed E-state index contributed by atoms with van der Waals surface area (Å²) < 4.78 is 29.8. The SMILES string of the molecule is C[C@@H]1CN(c2ccc3nc(C4CC4)c4nc5cc(F)c(F)cc5n4c3n2)C[C@H](C)N1. The molecule has 0 bridgehead atoms. The number of fused-ring (bicyclic) bond motifs is 5. The summed E-state index contributed by atoms with van der Waals surface area (Å²) in [6, 6.07) is 7.06. The van der Waals surface area contributed by atoms with E-state index in [1.807, 2.05) is 16.5 Å². The normalized spacial score (nSPS) is 22.5. The van der Waals surface area contributed by atoms with E-state index in [4.69, 9.17) is 9.97 Å². The summed E-state index contributed by atoms with van der Waals surface area (Å²) in [7, 11) is 0. The minimum Gasteiger partial charge on any atom is -0.353 e. The number of rotatable bonds is 2. The molecule has 30 heavy (non-hydrogen) atoms. The third kappa shape index (κ3) is 2.74. The molecule has 1 N–H and O–H groups in total. The predicted molar refractivity (Wildman–Crippen MR) is 112 cm³/mol. The van der Waals surface area contributed by atoms with E-state index in [1.54, 1.807) is 0 Å². The number of hydrogen-bond donors (Lipinski definition) is 1. The van der Waals surface area contributed by atoms with Crippen LogP contribution in [-0.2, 0) is 0 Å². The Morgan fingerprint density at radius 3 is 2.37 bits per heavy atom. The average Bonchev–Trinajstić information content (AvgIpc) is 3.48. The van der Waals surface area contributed by atoms with E-state index in [9.17, 15) is 8.78 Å². The Morgan fingerprint density at radius 1 is 0.900 bits per heavy atom. The topological polar surface area (TPSA) is 58.4 Å². The third-order valence-electron chi connectivity index (χ3n) is 6.06. The van der Waals surface area contributed by atoms with Crippen molar-refractivity contribution in [3.63, 3.8) is 0 Å². The summed E-state index contributed by atoms with van der Waals surface area (Å²) in [4.78, 5) is 16.7. The van der Waals surface area contributed by atoms with Crippen molar-refractivity contribution in [2.45, 2.75) is 44.7 Å². The Labute approximate surface area is 171 Å². The molecule has 0 radical (unpaired) electrons. The molecule has 1 aliphatic carbocycles. The van der Waals surface area contributed by atoms with Crippen molar-refractivity contribution in [1.29, 1.82) is 0 Å². The second kappa shape index (κ2) is 6.31. The molecule has 4 aromatic rings. The van der Waals surface area contributed by atoms with Gasteiger partial charge in [-0.15, -0.1) is 0 Å². The van der Waals surface area contributed by atoms with Gasteiger partial charge in [0.25, 0.3) is 0 Å². The van der Waals surface area contributed by atoms with Crippen LogP contribution in [0.3, 0.4) is 0 Å². The lowest BCUT2D eigenvalue weighted by Gasteiger charge is -2.36. The molecule has 3 aromatic heterocycles. The van der Waals surface area contributed by atoms with E-state index in [2.05, 4.69) is 29.0 Å². The van der Waals surface area contributed by atoms with Gasteiger partial charge >= 0.3 is 0 Å². The van der Waals surface area contributed by atoms with Crippen LogP contribution >= 0.6 is 0 Å². The van der Waals surface area contributed by atoms with Crippen molar-refractivity contribution in [2.75, 3.05) is 18.0 Å². The molecule has 0 spiro atoms. The van der Waals surface area contributed by atoms with Gasteiger partial charge < -0.3 is 10.2 Å². The number of aromatic nitrogens is 4. The number of halogens is 2. The van der Waals surface area contributed by atoms with Crippen LogP contribution in [0.1, 0.15) is 38.3 Å². The van der Waals surface area contributed by atoms with Gasteiger partial charge in [0.05, 0.1) is 16.7 Å². The molecule has 8 heteroatoms. The zero-order chi connectivity index (χ0) is 20.6. The molecule has 0 unspecified atom stereocenters. The van der Waals surface area contributed by atoms with Gasteiger partial charge in [-0.2, -0.15) is 0 Å². The number of anilines is 1. The van der Waals surface area contributed by atoms with Crippen molar-refractivity contribution >= 4 is 33.7 Å². The number of hydrogen-bond acceptors (Lipinski definition) is 5. The van der Waals surface area contributed by atoms with E-state index >= 15 is 0 Å². The number of benzene rings is 1. The molecule has 2 fully saturated rings. The highest BCUT2D eigenvalue weighted by Crippen LogP contribution is 2.42. The minimum atomic E-state index is -0.895. The fourth-order valence-corrected chi connectivity index (χ4v) is 4.64. The lowest BCUT2D eigenvalue weighted by atomic mass is 10.1. The Balaban J connectivity index is 1.63. The first-order valence-electron chi connectivity index (χ1n) is 10.5. The number of pyridine rings is 1. The van der Waals surface area contributed by atoms with Gasteiger partial charge in [-0.1, -0.05) is 0 Å². The second-order valence-electron chi connectivity index (χ2n) is 8.68. The maximum absolute atomic E-state index is 14.1. The molecular formula is C22H22F2N6. The van der Waals surface area contributed by atoms with Gasteiger partial charge in [-0.3, -0.25) is 4.40 Å². The Kier molecular flexibility index (Phi) is 3.78. The maximum Gasteiger partial charge on any atom is 0.167 e. The molecule has 1 aliphatic heterocycles. The highest BCUT2D eigenvalue weighted by atomic mass is 19.2. The van der Waals surface area contributed by atoms with E-state index in [-0.39, 0.29) is 0 Å². The van der Waals surface area contributed by atoms with Gasteiger partial charge in [0.2, 0.25) is 0 Å². The van der Waals surface area contributed by atoms with Crippen molar-refractivity contribution in [3.8, 4) is 0 Å². The van der Waals surface area contributed by atoms with Gasteiger partial charge in [0.15, 0.2) is 22.9 Å². The van der Waals surface area contributed by atoms with E-state index in [1.165, 1.54) is 6.07 Å². The first-order valence-corrected chi connectivity index (χ1v) is 10.5. The molecular weight excluding hydrogens is 386 g/mol. The average molecular weight is 408 g/mol. The largest absolute Gasteiger partial charge is 0.353 e. The van der Waals surface area contributed by atoms with Gasteiger partial charge in [0.1, 0.15) is 11.3 Å². The summed E-state index contributed by atoms with van der Waals surface area (Å²) in [6.07, 6.45) is 2.12. The number of nitrogens with one attached hydrogen (secondary N) is 1. The van der Waals surface area contributed by atoms with Gasteiger partial charge in [-0.25, -0.2) is 23.7 Å². The molecule has 0 amide bonds. The van der Waals surface area contributed by atoms with Crippen LogP contribution in [0.5, 0.6) is 0 Å². The molecule has 6 rings (SSSR count). The van der Waals surface area contributed by atoms with Crippen molar-refractivity contribution in [2.24, 2.45) is 0 Å². The Bertz CT molecular complexity index is 1300. The lowest BCUT2D eigenvalue weighted by Crippen LogP contribution is -2.54. The molecule has 2 atom stereocenters. The van der Waals surface area contributed by atoms with E-state index in [0.717, 1.165) is 49.0 Å². The van der Waals surface area contributed by atoms with Crippen LogP contribution in [0.25, 0.3) is 27.8 Å². The smallest absolute Gasteiger partial charge is 0.167 e. The van der Waals surface area contributed by atoms with E-state index < -0.39 is 11.6 Å². The summed E-state index contributed by atoms with van der Waals surface area (Å²) in [5, 5.41) is 3.53. The van der Waals surface area contributed by atoms with Crippen molar-refractivity contribution in [1.82, 2.24) is 24.7 Å². The highest BCUT2D eigenvalue weighted by Gasteiger charge is 2.30. The molecule has 1 saturated carbocycles. The standard InChI is InChI=1S/C22H22F2N6/c1-11-9-29(10-12(2)25-11)19-6-5-16-21(28-19)30-18-8-15(24)14(23)7-17(18)27-22(30)20(26-16)13-3-4-13/h5-8,11-13,25H,3-4,9-10H2,1-2H3/t11-,12+. The van der Waals surface area contributed by atoms with E-state index in [0.29, 0.717) is 40.3 Å². The molecule has 1 saturated heterocycles. The highest BCUT2D eigenvalue weighted by molar-refractivity contribution is 5.88. The van der Waals surface area contributed by atoms with Crippen LogP contribution in [0.2, 0.25) is 0 Å². The van der Waals surface area contributed by atoms with Gasteiger partial charge in [0, 0.05) is 43.2 Å². The minimum absolute atomic E-state index is 0.345. The zero-order valence-corrected chi connectivity index (χ0v) is 16.9. The summed E-state index contributed by atoms with van der Waals surface area (Å²) >= 11 is 0. The van der Waals surface area contributed by atoms with Gasteiger partial charge in [-0.05, 0) is 38.8 Å². The molecule has 154 valence electrons. The maximum atomic E-state index is 14.1. The molecule has 4 heterocycles. The third-order valence-corrected chi connectivity index (χ3v) is 6.06. The Hall–Kier alpha value is -2.87. The second-order valence-corrected chi connectivity index (χ2v) is 8.68. The summed E-state index contributed by atoms with van der Waals surface area (Å²) in [5.41, 5.74) is 3.84. The van der Waals surface area contributed by atoms with Crippen LogP contribution in [-0.4, -0.2) is 44.5 Å². The first kappa shape index (κ1) is 17.9. The fraction of sp³-hybridized carbons (Fsp3) is 0.409. The number of imidazole rings is 1. The quantitative estimate of drug-likeness (QED) is 0.547.